The van der Waals surface area contributed by atoms with Crippen LogP contribution in [-0.4, -0.2) is 5.91 Å². The largest absolute Gasteiger partial charge is 0.422 e. The van der Waals surface area contributed by atoms with Gasteiger partial charge >= 0.3 is 5.63 Å². The van der Waals surface area contributed by atoms with Gasteiger partial charge in [-0.15, -0.1) is 0 Å². The smallest absolute Gasteiger partial charge is 0.349 e. The molecule has 0 radical (unpaired) electrons. The number of nitrogens with zero attached hydrogens (tertiary/aromatic N) is 1. The third kappa shape index (κ3) is 3.03. The Bertz CT molecular complexity index is 998. The van der Waals surface area contributed by atoms with Crippen LogP contribution in [0.25, 0.3) is 11.0 Å². The summed E-state index contributed by atoms with van der Waals surface area (Å²) in [4.78, 5) is 24.4. The number of hydrogen-bond donors (Lipinski definition) is 1. The van der Waals surface area contributed by atoms with Gasteiger partial charge < -0.3 is 9.73 Å². The van der Waals surface area contributed by atoms with Crippen molar-refractivity contribution in [2.75, 3.05) is 0 Å². The van der Waals surface area contributed by atoms with Crippen molar-refractivity contribution in [3.05, 3.63) is 81.7 Å². The highest BCUT2D eigenvalue weighted by Crippen LogP contribution is 2.15. The minimum Gasteiger partial charge on any atom is -0.422 e. The number of hydrogen-bond acceptors (Lipinski definition) is 4. The molecule has 0 saturated heterocycles. The SMILES string of the molecule is CC(NC(=O)c1cc2ccccc2oc1=O)c1ccc(C#N)cc1. The molecule has 1 unspecified atom stereocenters. The summed E-state index contributed by atoms with van der Waals surface area (Å²) in [6, 6.07) is 17.2. The highest BCUT2D eigenvalue weighted by atomic mass is 16.4. The van der Waals surface area contributed by atoms with E-state index in [1.165, 1.54) is 6.07 Å². The fraction of sp³-hybridized carbons (Fsp3) is 0.105. The van der Waals surface area contributed by atoms with Gasteiger partial charge in [0.2, 0.25) is 0 Å². The summed E-state index contributed by atoms with van der Waals surface area (Å²) in [5.74, 6) is -0.494. The molecule has 3 aromatic rings. The van der Waals surface area contributed by atoms with Crippen LogP contribution in [0, 0.1) is 11.3 Å². The zero-order valence-corrected chi connectivity index (χ0v) is 12.9. The number of rotatable bonds is 3. The highest BCUT2D eigenvalue weighted by Gasteiger charge is 2.16. The maximum atomic E-state index is 12.4. The first-order valence-corrected chi connectivity index (χ1v) is 7.42. The third-order valence-corrected chi connectivity index (χ3v) is 3.77. The van der Waals surface area contributed by atoms with E-state index in [-0.39, 0.29) is 11.6 Å². The minimum absolute atomic E-state index is 0.0332. The quantitative estimate of drug-likeness (QED) is 0.752. The van der Waals surface area contributed by atoms with E-state index in [0.717, 1.165) is 5.56 Å². The molecule has 1 aromatic heterocycles. The molecule has 2 aromatic carbocycles. The van der Waals surface area contributed by atoms with Gasteiger partial charge in [-0.25, -0.2) is 4.79 Å². The van der Waals surface area contributed by atoms with Gasteiger partial charge in [0.25, 0.3) is 5.91 Å². The lowest BCUT2D eigenvalue weighted by atomic mass is 10.1. The summed E-state index contributed by atoms with van der Waals surface area (Å²) in [5, 5.41) is 12.3. The van der Waals surface area contributed by atoms with Crippen LogP contribution in [0.1, 0.15) is 34.5 Å². The molecule has 5 heteroatoms. The van der Waals surface area contributed by atoms with Crippen molar-refractivity contribution in [2.24, 2.45) is 0 Å². The Morgan fingerprint density at radius 1 is 1.17 bits per heavy atom. The zero-order chi connectivity index (χ0) is 17.1. The predicted molar refractivity (Wildman–Crippen MR) is 89.5 cm³/mol. The van der Waals surface area contributed by atoms with E-state index in [0.29, 0.717) is 16.5 Å². The van der Waals surface area contributed by atoms with Crippen molar-refractivity contribution < 1.29 is 9.21 Å². The van der Waals surface area contributed by atoms with E-state index in [9.17, 15) is 9.59 Å². The molecule has 0 aliphatic rings. The van der Waals surface area contributed by atoms with E-state index in [1.807, 2.05) is 19.1 Å². The predicted octanol–water partition coefficient (Wildman–Crippen LogP) is 3.16. The van der Waals surface area contributed by atoms with E-state index in [4.69, 9.17) is 9.68 Å². The summed E-state index contributed by atoms with van der Waals surface area (Å²) in [5.41, 5.74) is 1.13. The Balaban J connectivity index is 1.85. The standard InChI is InChI=1S/C19H14N2O3/c1-12(14-8-6-13(11-20)7-9-14)21-18(22)16-10-15-4-2-3-5-17(15)24-19(16)23/h2-10,12H,1H3,(H,21,22). The van der Waals surface area contributed by atoms with Gasteiger partial charge in [0, 0.05) is 5.39 Å². The van der Waals surface area contributed by atoms with Crippen molar-refractivity contribution in [3.63, 3.8) is 0 Å². The van der Waals surface area contributed by atoms with Crippen molar-refractivity contribution in [2.45, 2.75) is 13.0 Å². The number of carbonyl (C=O) groups is 1. The van der Waals surface area contributed by atoms with Gasteiger partial charge in [-0.2, -0.15) is 5.26 Å². The van der Waals surface area contributed by atoms with Crippen LogP contribution in [0.5, 0.6) is 0 Å². The monoisotopic (exact) mass is 318 g/mol. The van der Waals surface area contributed by atoms with Gasteiger partial charge in [-0.05, 0) is 36.8 Å². The first kappa shape index (κ1) is 15.5. The zero-order valence-electron chi connectivity index (χ0n) is 12.9. The summed E-state index contributed by atoms with van der Waals surface area (Å²) in [7, 11) is 0. The van der Waals surface area contributed by atoms with Crippen molar-refractivity contribution in [1.82, 2.24) is 5.32 Å². The van der Waals surface area contributed by atoms with Crippen LogP contribution in [0.4, 0.5) is 0 Å². The van der Waals surface area contributed by atoms with Crippen molar-refractivity contribution in [1.29, 1.82) is 5.26 Å². The Morgan fingerprint density at radius 3 is 2.58 bits per heavy atom. The number of benzene rings is 2. The molecule has 118 valence electrons. The van der Waals surface area contributed by atoms with Crippen molar-refractivity contribution >= 4 is 16.9 Å². The van der Waals surface area contributed by atoms with Gasteiger partial charge in [0.1, 0.15) is 11.1 Å². The lowest BCUT2D eigenvalue weighted by Crippen LogP contribution is -2.30. The van der Waals surface area contributed by atoms with Crippen LogP contribution in [0.2, 0.25) is 0 Å². The van der Waals surface area contributed by atoms with E-state index in [2.05, 4.69) is 5.32 Å². The molecule has 1 heterocycles. The molecule has 1 amide bonds. The molecule has 3 rings (SSSR count). The van der Waals surface area contributed by atoms with Crippen molar-refractivity contribution in [3.8, 4) is 6.07 Å². The lowest BCUT2D eigenvalue weighted by Gasteiger charge is -2.14. The number of amides is 1. The molecule has 0 aliphatic carbocycles. The maximum absolute atomic E-state index is 12.4. The molecule has 1 N–H and O–H groups in total. The minimum atomic E-state index is -0.668. The van der Waals surface area contributed by atoms with Gasteiger partial charge in [-0.3, -0.25) is 4.79 Å². The number of carbonyl (C=O) groups excluding carboxylic acids is 1. The van der Waals surface area contributed by atoms with E-state index < -0.39 is 11.5 Å². The number of nitrogens with one attached hydrogen (secondary N) is 1. The molecule has 24 heavy (non-hydrogen) atoms. The molecule has 5 nitrogen and oxygen atoms in total. The van der Waals surface area contributed by atoms with Crippen LogP contribution in [-0.2, 0) is 0 Å². The lowest BCUT2D eigenvalue weighted by molar-refractivity contribution is 0.0936. The van der Waals surface area contributed by atoms with Crippen LogP contribution in [0.15, 0.2) is 63.8 Å². The number of fused-ring (bicyclic) bond motifs is 1. The number of nitriles is 1. The average molecular weight is 318 g/mol. The second kappa shape index (κ2) is 6.39. The van der Waals surface area contributed by atoms with E-state index >= 15 is 0 Å². The Labute approximate surface area is 138 Å². The van der Waals surface area contributed by atoms with Crippen LogP contribution < -0.4 is 10.9 Å². The Kier molecular flexibility index (Phi) is 4.13. The second-order valence-corrected chi connectivity index (χ2v) is 5.41. The Morgan fingerprint density at radius 2 is 1.88 bits per heavy atom. The first-order valence-electron chi connectivity index (χ1n) is 7.42. The second-order valence-electron chi connectivity index (χ2n) is 5.41. The maximum Gasteiger partial charge on any atom is 0.349 e. The normalized spacial score (nSPS) is 11.7. The van der Waals surface area contributed by atoms with Gasteiger partial charge in [0.05, 0.1) is 17.7 Å². The first-order chi connectivity index (χ1) is 11.6. The van der Waals surface area contributed by atoms with Gasteiger partial charge in [-0.1, -0.05) is 30.3 Å². The molecule has 0 fully saturated rings. The molecular weight excluding hydrogens is 304 g/mol. The molecule has 1 atom stereocenters. The Hall–Kier alpha value is -3.39. The molecule has 0 bridgehead atoms. The summed E-state index contributed by atoms with van der Waals surface area (Å²) < 4.78 is 5.18. The topological polar surface area (TPSA) is 83.1 Å². The third-order valence-electron chi connectivity index (χ3n) is 3.77. The number of para-hydroxylation sites is 1. The molecule has 0 spiro atoms. The molecule has 0 saturated carbocycles. The molecular formula is C19H14N2O3. The summed E-state index contributed by atoms with van der Waals surface area (Å²) in [6.07, 6.45) is 0. The summed E-state index contributed by atoms with van der Waals surface area (Å²) >= 11 is 0. The highest BCUT2D eigenvalue weighted by molar-refractivity contribution is 5.96. The van der Waals surface area contributed by atoms with Crippen LogP contribution >= 0.6 is 0 Å². The molecule has 0 aliphatic heterocycles. The fourth-order valence-corrected chi connectivity index (χ4v) is 2.42. The van der Waals surface area contributed by atoms with Gasteiger partial charge in [0.15, 0.2) is 0 Å². The fourth-order valence-electron chi connectivity index (χ4n) is 2.42. The summed E-state index contributed by atoms with van der Waals surface area (Å²) in [6.45, 7) is 1.81. The van der Waals surface area contributed by atoms with E-state index in [1.54, 1.807) is 42.5 Å². The van der Waals surface area contributed by atoms with Crippen LogP contribution in [0.3, 0.4) is 0 Å². The average Bonchev–Trinajstić information content (AvgIpc) is 2.61.